The first-order valence-corrected chi connectivity index (χ1v) is 6.26. The zero-order chi connectivity index (χ0) is 13.0. The topological polar surface area (TPSA) is 54.5 Å². The molecule has 98 valence electrons. The van der Waals surface area contributed by atoms with Crippen molar-refractivity contribution in [3.8, 4) is 0 Å². The van der Waals surface area contributed by atoms with Gasteiger partial charge in [0, 0.05) is 26.4 Å². The highest BCUT2D eigenvalue weighted by atomic mass is 16.5. The highest BCUT2D eigenvalue weighted by molar-refractivity contribution is 5.99. The number of pyridine rings is 1. The maximum Gasteiger partial charge on any atom is 0.256 e. The van der Waals surface area contributed by atoms with Crippen LogP contribution in [0.25, 0.3) is 0 Å². The molecule has 2 rings (SSSR count). The molecule has 5 heteroatoms. The molecule has 1 atom stereocenters. The van der Waals surface area contributed by atoms with Gasteiger partial charge in [0.2, 0.25) is 0 Å². The number of likely N-dealkylation sites (N-methyl/N-ethyl adjacent to an activating group) is 1. The Hall–Kier alpha value is -1.62. The normalized spacial score (nSPS) is 18.7. The fourth-order valence-electron chi connectivity index (χ4n) is 2.10. The van der Waals surface area contributed by atoms with Crippen LogP contribution in [0.1, 0.15) is 23.7 Å². The van der Waals surface area contributed by atoms with E-state index < -0.39 is 0 Å². The van der Waals surface area contributed by atoms with E-state index in [0.29, 0.717) is 12.2 Å². The quantitative estimate of drug-likeness (QED) is 0.875. The minimum absolute atomic E-state index is 0.0175. The van der Waals surface area contributed by atoms with Gasteiger partial charge in [-0.3, -0.25) is 9.78 Å². The predicted molar refractivity (Wildman–Crippen MR) is 69.7 cm³/mol. The fourth-order valence-corrected chi connectivity index (χ4v) is 2.10. The summed E-state index contributed by atoms with van der Waals surface area (Å²) in [5.41, 5.74) is 1.46. The summed E-state index contributed by atoms with van der Waals surface area (Å²) in [6, 6.07) is 1.94. The van der Waals surface area contributed by atoms with Crippen LogP contribution < -0.4 is 5.32 Å². The number of hydrogen-bond acceptors (Lipinski definition) is 4. The second-order valence-electron chi connectivity index (χ2n) is 4.39. The number of anilines is 1. The van der Waals surface area contributed by atoms with E-state index in [4.69, 9.17) is 4.74 Å². The van der Waals surface area contributed by atoms with E-state index in [-0.39, 0.29) is 11.9 Å². The van der Waals surface area contributed by atoms with Crippen LogP contribution in [-0.2, 0) is 4.74 Å². The number of nitrogens with one attached hydrogen (secondary N) is 1. The molecule has 0 radical (unpaired) electrons. The van der Waals surface area contributed by atoms with Crippen molar-refractivity contribution < 1.29 is 9.53 Å². The number of rotatable bonds is 4. The molecule has 18 heavy (non-hydrogen) atoms. The Morgan fingerprint density at radius 2 is 2.50 bits per heavy atom. The van der Waals surface area contributed by atoms with Crippen molar-refractivity contribution in [3.05, 3.63) is 24.0 Å². The number of carbonyl (C=O) groups is 1. The summed E-state index contributed by atoms with van der Waals surface area (Å²) < 4.78 is 5.32. The van der Waals surface area contributed by atoms with E-state index in [1.54, 1.807) is 23.4 Å². The third-order valence-electron chi connectivity index (χ3n) is 3.19. The second-order valence-corrected chi connectivity index (χ2v) is 4.39. The second kappa shape index (κ2) is 5.82. The zero-order valence-electron chi connectivity index (χ0n) is 10.8. The smallest absolute Gasteiger partial charge is 0.256 e. The molecule has 0 aromatic carbocycles. The van der Waals surface area contributed by atoms with Crippen molar-refractivity contribution in [2.75, 3.05) is 32.1 Å². The number of amides is 1. The largest absolute Gasteiger partial charge is 0.383 e. The Labute approximate surface area is 107 Å². The fraction of sp³-hybridized carbons (Fsp3) is 0.538. The Balaban J connectivity index is 2.16. The van der Waals surface area contributed by atoms with Crippen molar-refractivity contribution in [1.29, 1.82) is 0 Å². The van der Waals surface area contributed by atoms with Crippen LogP contribution in [0.2, 0.25) is 0 Å². The predicted octanol–water partition coefficient (Wildman–Crippen LogP) is 1.37. The first-order chi connectivity index (χ1) is 8.74. The van der Waals surface area contributed by atoms with E-state index in [1.807, 2.05) is 14.0 Å². The highest BCUT2D eigenvalue weighted by Crippen LogP contribution is 2.19. The van der Waals surface area contributed by atoms with Crippen molar-refractivity contribution in [2.24, 2.45) is 0 Å². The van der Waals surface area contributed by atoms with Crippen LogP contribution in [-0.4, -0.2) is 48.6 Å². The van der Waals surface area contributed by atoms with Crippen LogP contribution >= 0.6 is 0 Å². The number of carbonyl (C=O) groups excluding carboxylic acids is 1. The molecule has 0 bridgehead atoms. The van der Waals surface area contributed by atoms with Crippen LogP contribution in [0.4, 0.5) is 5.69 Å². The van der Waals surface area contributed by atoms with Crippen LogP contribution in [0, 0.1) is 0 Å². The van der Waals surface area contributed by atoms with Crippen molar-refractivity contribution in [3.63, 3.8) is 0 Å². The molecular weight excluding hydrogens is 230 g/mol. The Bertz CT molecular complexity index is 416. The standard InChI is InChI=1S/C13H19N3O2/c1-3-15-12-8-14-6-4-11(12)13(17)16(2)10-5-7-18-9-10/h4,6,8,10,15H,3,5,7,9H2,1-2H3. The molecule has 1 unspecified atom stereocenters. The van der Waals surface area contributed by atoms with E-state index in [0.717, 1.165) is 25.3 Å². The van der Waals surface area contributed by atoms with Crippen molar-refractivity contribution in [1.82, 2.24) is 9.88 Å². The molecule has 0 spiro atoms. The lowest BCUT2D eigenvalue weighted by molar-refractivity contribution is 0.0712. The first-order valence-electron chi connectivity index (χ1n) is 6.26. The van der Waals surface area contributed by atoms with Crippen LogP contribution in [0.5, 0.6) is 0 Å². The average Bonchev–Trinajstić information content (AvgIpc) is 2.92. The SMILES string of the molecule is CCNc1cnccc1C(=O)N(C)C1CCOC1. The first kappa shape index (κ1) is 12.8. The lowest BCUT2D eigenvalue weighted by Crippen LogP contribution is -2.37. The molecular formula is C13H19N3O2. The van der Waals surface area contributed by atoms with Gasteiger partial charge in [-0.15, -0.1) is 0 Å². The van der Waals surface area contributed by atoms with E-state index in [1.165, 1.54) is 0 Å². The van der Waals surface area contributed by atoms with E-state index >= 15 is 0 Å². The Morgan fingerprint density at radius 3 is 3.17 bits per heavy atom. The van der Waals surface area contributed by atoms with Gasteiger partial charge in [0.15, 0.2) is 0 Å². The molecule has 1 amide bonds. The molecule has 1 aromatic heterocycles. The van der Waals surface area contributed by atoms with Gasteiger partial charge < -0.3 is 15.0 Å². The van der Waals surface area contributed by atoms with Gasteiger partial charge >= 0.3 is 0 Å². The minimum atomic E-state index is 0.0175. The Kier molecular flexibility index (Phi) is 4.15. The molecule has 1 N–H and O–H groups in total. The van der Waals surface area contributed by atoms with Gasteiger partial charge in [0.05, 0.1) is 30.1 Å². The van der Waals surface area contributed by atoms with E-state index in [9.17, 15) is 4.79 Å². The molecule has 1 aromatic rings. The number of nitrogens with zero attached hydrogens (tertiary/aromatic N) is 2. The van der Waals surface area contributed by atoms with Crippen molar-refractivity contribution >= 4 is 11.6 Å². The summed E-state index contributed by atoms with van der Waals surface area (Å²) in [4.78, 5) is 18.2. The summed E-state index contributed by atoms with van der Waals surface area (Å²) in [5.74, 6) is 0.0175. The van der Waals surface area contributed by atoms with Gasteiger partial charge in [-0.05, 0) is 19.4 Å². The number of hydrogen-bond donors (Lipinski definition) is 1. The van der Waals surface area contributed by atoms with E-state index in [2.05, 4.69) is 10.3 Å². The van der Waals surface area contributed by atoms with Gasteiger partial charge in [-0.1, -0.05) is 0 Å². The lowest BCUT2D eigenvalue weighted by atomic mass is 10.1. The molecule has 0 aliphatic carbocycles. The molecule has 1 aliphatic rings. The molecule has 2 heterocycles. The molecule has 0 saturated carbocycles. The van der Waals surface area contributed by atoms with Gasteiger partial charge in [0.25, 0.3) is 5.91 Å². The molecule has 1 fully saturated rings. The maximum absolute atomic E-state index is 12.4. The monoisotopic (exact) mass is 249 g/mol. The average molecular weight is 249 g/mol. The van der Waals surface area contributed by atoms with Crippen molar-refractivity contribution in [2.45, 2.75) is 19.4 Å². The molecule has 5 nitrogen and oxygen atoms in total. The van der Waals surface area contributed by atoms with Gasteiger partial charge in [-0.2, -0.15) is 0 Å². The van der Waals surface area contributed by atoms with Gasteiger partial charge in [-0.25, -0.2) is 0 Å². The van der Waals surface area contributed by atoms with Crippen LogP contribution in [0.3, 0.4) is 0 Å². The molecule has 1 saturated heterocycles. The third-order valence-corrected chi connectivity index (χ3v) is 3.19. The Morgan fingerprint density at radius 1 is 1.67 bits per heavy atom. The summed E-state index contributed by atoms with van der Waals surface area (Å²) in [5, 5.41) is 3.16. The maximum atomic E-state index is 12.4. The summed E-state index contributed by atoms with van der Waals surface area (Å²) in [7, 11) is 1.83. The lowest BCUT2D eigenvalue weighted by Gasteiger charge is -2.24. The summed E-state index contributed by atoms with van der Waals surface area (Å²) >= 11 is 0. The summed E-state index contributed by atoms with van der Waals surface area (Å²) in [6.45, 7) is 4.13. The van der Waals surface area contributed by atoms with Gasteiger partial charge in [0.1, 0.15) is 0 Å². The highest BCUT2D eigenvalue weighted by Gasteiger charge is 2.26. The zero-order valence-corrected chi connectivity index (χ0v) is 10.8. The van der Waals surface area contributed by atoms with Crippen LogP contribution in [0.15, 0.2) is 18.5 Å². The molecule has 1 aliphatic heterocycles. The number of aromatic nitrogens is 1. The minimum Gasteiger partial charge on any atom is -0.383 e. The number of ether oxygens (including phenoxy) is 1. The third kappa shape index (κ3) is 2.61. The summed E-state index contributed by atoms with van der Waals surface area (Å²) in [6.07, 6.45) is 4.24.